The van der Waals surface area contributed by atoms with E-state index in [2.05, 4.69) is 5.32 Å². The van der Waals surface area contributed by atoms with Crippen molar-refractivity contribution in [3.05, 3.63) is 71.8 Å². The van der Waals surface area contributed by atoms with Crippen LogP contribution in [0.5, 0.6) is 0 Å². The molecule has 0 saturated carbocycles. The first-order valence-electron chi connectivity index (χ1n) is 8.12. The summed E-state index contributed by atoms with van der Waals surface area (Å²) in [7, 11) is 0. The minimum absolute atomic E-state index is 0.204. The molecule has 1 amide bonds. The molecule has 0 radical (unpaired) electrons. The zero-order valence-electron chi connectivity index (χ0n) is 14.1. The summed E-state index contributed by atoms with van der Waals surface area (Å²) >= 11 is 0. The van der Waals surface area contributed by atoms with Crippen molar-refractivity contribution in [2.75, 3.05) is 0 Å². The fraction of sp³-hybridized carbons (Fsp3) is 0.300. The summed E-state index contributed by atoms with van der Waals surface area (Å²) in [6.07, 6.45) is 0.534. The number of esters is 1. The van der Waals surface area contributed by atoms with Crippen molar-refractivity contribution < 1.29 is 14.3 Å². The van der Waals surface area contributed by atoms with Crippen molar-refractivity contribution in [3.63, 3.8) is 0 Å². The molecule has 0 aromatic heterocycles. The minimum Gasteiger partial charge on any atom is -0.459 e. The van der Waals surface area contributed by atoms with Crippen LogP contribution in [-0.2, 0) is 16.1 Å². The molecule has 1 N–H and O–H groups in total. The maximum Gasteiger partial charge on any atom is 0.328 e. The van der Waals surface area contributed by atoms with E-state index < -0.39 is 12.0 Å². The maximum atomic E-state index is 12.4. The smallest absolute Gasteiger partial charge is 0.328 e. The highest BCUT2D eigenvalue weighted by Crippen LogP contribution is 2.10. The van der Waals surface area contributed by atoms with Gasteiger partial charge in [-0.25, -0.2) is 4.79 Å². The van der Waals surface area contributed by atoms with Gasteiger partial charge in [0, 0.05) is 5.56 Å². The normalized spacial score (nSPS) is 11.8. The fourth-order valence-corrected chi connectivity index (χ4v) is 2.35. The number of carbonyl (C=O) groups excluding carboxylic acids is 2. The van der Waals surface area contributed by atoms with Crippen molar-refractivity contribution in [2.24, 2.45) is 5.92 Å². The van der Waals surface area contributed by atoms with Gasteiger partial charge in [0.2, 0.25) is 0 Å². The first-order chi connectivity index (χ1) is 11.6. The summed E-state index contributed by atoms with van der Waals surface area (Å²) in [4.78, 5) is 24.7. The molecule has 0 fully saturated rings. The van der Waals surface area contributed by atoms with Crippen molar-refractivity contribution in [3.8, 4) is 0 Å². The second kappa shape index (κ2) is 8.87. The predicted octanol–water partition coefficient (Wildman–Crippen LogP) is 3.57. The molecular formula is C20H23NO3. The molecule has 4 nitrogen and oxygen atoms in total. The number of hydrogen-bond acceptors (Lipinski definition) is 3. The number of rotatable bonds is 7. The SMILES string of the molecule is CC(C)C[C@@H](NC(=O)c1ccccc1)C(=O)OCc1ccccc1. The Hall–Kier alpha value is -2.62. The highest BCUT2D eigenvalue weighted by atomic mass is 16.5. The van der Waals surface area contributed by atoms with Crippen LogP contribution in [0, 0.1) is 5.92 Å². The van der Waals surface area contributed by atoms with Gasteiger partial charge in [0.1, 0.15) is 12.6 Å². The molecule has 0 heterocycles. The number of benzene rings is 2. The van der Waals surface area contributed by atoms with E-state index in [4.69, 9.17) is 4.74 Å². The molecule has 126 valence electrons. The number of nitrogens with one attached hydrogen (secondary N) is 1. The Labute approximate surface area is 142 Å². The molecule has 0 aliphatic carbocycles. The van der Waals surface area contributed by atoms with Crippen molar-refractivity contribution >= 4 is 11.9 Å². The Bertz CT molecular complexity index is 653. The second-order valence-corrected chi connectivity index (χ2v) is 6.11. The highest BCUT2D eigenvalue weighted by molar-refractivity contribution is 5.96. The van der Waals surface area contributed by atoms with Gasteiger partial charge in [-0.1, -0.05) is 62.4 Å². The highest BCUT2D eigenvalue weighted by Gasteiger charge is 2.24. The summed E-state index contributed by atoms with van der Waals surface area (Å²) in [6, 6.07) is 17.7. The van der Waals surface area contributed by atoms with Crippen molar-refractivity contribution in [2.45, 2.75) is 32.9 Å². The number of ether oxygens (including phenoxy) is 1. The molecule has 0 unspecified atom stereocenters. The van der Waals surface area contributed by atoms with Crippen LogP contribution >= 0.6 is 0 Å². The van der Waals surface area contributed by atoms with E-state index in [0.29, 0.717) is 12.0 Å². The molecule has 0 saturated heterocycles. The van der Waals surface area contributed by atoms with E-state index in [9.17, 15) is 9.59 Å². The molecule has 2 aromatic carbocycles. The zero-order chi connectivity index (χ0) is 17.4. The molecule has 0 bridgehead atoms. The van der Waals surface area contributed by atoms with Gasteiger partial charge in [-0.05, 0) is 30.0 Å². The van der Waals surface area contributed by atoms with Gasteiger partial charge in [-0.15, -0.1) is 0 Å². The Balaban J connectivity index is 1.99. The predicted molar refractivity (Wildman–Crippen MR) is 93.4 cm³/mol. The number of carbonyl (C=O) groups is 2. The van der Waals surface area contributed by atoms with Crippen LogP contribution in [-0.4, -0.2) is 17.9 Å². The molecule has 24 heavy (non-hydrogen) atoms. The van der Waals surface area contributed by atoms with E-state index in [1.165, 1.54) is 0 Å². The number of hydrogen-bond donors (Lipinski definition) is 1. The first-order valence-corrected chi connectivity index (χ1v) is 8.12. The summed E-state index contributed by atoms with van der Waals surface area (Å²) in [5.41, 5.74) is 1.45. The van der Waals surface area contributed by atoms with Gasteiger partial charge in [-0.3, -0.25) is 4.79 Å². The van der Waals surface area contributed by atoms with E-state index >= 15 is 0 Å². The van der Waals surface area contributed by atoms with Crippen LogP contribution in [0.4, 0.5) is 0 Å². The fourth-order valence-electron chi connectivity index (χ4n) is 2.35. The lowest BCUT2D eigenvalue weighted by Gasteiger charge is -2.19. The van der Waals surface area contributed by atoms with Crippen LogP contribution in [0.25, 0.3) is 0 Å². The van der Waals surface area contributed by atoms with E-state index in [-0.39, 0.29) is 18.4 Å². The molecule has 2 rings (SSSR count). The van der Waals surface area contributed by atoms with Gasteiger partial charge in [0.05, 0.1) is 0 Å². The van der Waals surface area contributed by atoms with Gasteiger partial charge < -0.3 is 10.1 Å². The third kappa shape index (κ3) is 5.54. The molecule has 1 atom stereocenters. The van der Waals surface area contributed by atoms with Crippen LogP contribution in [0.3, 0.4) is 0 Å². The maximum absolute atomic E-state index is 12.4. The van der Waals surface area contributed by atoms with E-state index in [0.717, 1.165) is 5.56 Å². The quantitative estimate of drug-likeness (QED) is 0.792. The Morgan fingerprint density at radius 1 is 0.958 bits per heavy atom. The lowest BCUT2D eigenvalue weighted by Crippen LogP contribution is -2.42. The van der Waals surface area contributed by atoms with Crippen molar-refractivity contribution in [1.29, 1.82) is 0 Å². The van der Waals surface area contributed by atoms with Crippen molar-refractivity contribution in [1.82, 2.24) is 5.32 Å². The van der Waals surface area contributed by atoms with Gasteiger partial charge >= 0.3 is 5.97 Å². The minimum atomic E-state index is -0.651. The van der Waals surface area contributed by atoms with Crippen LogP contribution in [0.1, 0.15) is 36.2 Å². The topological polar surface area (TPSA) is 55.4 Å². The second-order valence-electron chi connectivity index (χ2n) is 6.11. The average molecular weight is 325 g/mol. The molecule has 2 aromatic rings. The molecular weight excluding hydrogens is 302 g/mol. The van der Waals surface area contributed by atoms with E-state index in [1.54, 1.807) is 24.3 Å². The third-order valence-electron chi connectivity index (χ3n) is 3.56. The van der Waals surface area contributed by atoms with Crippen LogP contribution < -0.4 is 5.32 Å². The monoisotopic (exact) mass is 325 g/mol. The average Bonchev–Trinajstić information content (AvgIpc) is 2.60. The standard InChI is InChI=1S/C20H23NO3/c1-15(2)13-18(21-19(22)17-11-7-4-8-12-17)20(23)24-14-16-9-5-3-6-10-16/h3-12,15,18H,13-14H2,1-2H3,(H,21,22)/t18-/m1/s1. The third-order valence-corrected chi connectivity index (χ3v) is 3.56. The molecule has 0 spiro atoms. The number of amides is 1. The van der Waals surface area contributed by atoms with Crippen LogP contribution in [0.15, 0.2) is 60.7 Å². The Morgan fingerprint density at radius 3 is 2.12 bits per heavy atom. The Kier molecular flexibility index (Phi) is 6.55. The van der Waals surface area contributed by atoms with Crippen LogP contribution in [0.2, 0.25) is 0 Å². The van der Waals surface area contributed by atoms with Gasteiger partial charge in [-0.2, -0.15) is 0 Å². The molecule has 0 aliphatic rings. The molecule has 0 aliphatic heterocycles. The summed E-state index contributed by atoms with van der Waals surface area (Å²) in [5, 5.41) is 2.79. The van der Waals surface area contributed by atoms with E-state index in [1.807, 2.05) is 50.2 Å². The summed E-state index contributed by atoms with van der Waals surface area (Å²) < 4.78 is 5.37. The first kappa shape index (κ1) is 17.7. The lowest BCUT2D eigenvalue weighted by molar-refractivity contribution is -0.147. The zero-order valence-corrected chi connectivity index (χ0v) is 14.1. The molecule has 4 heteroatoms. The summed E-state index contributed by atoms with van der Waals surface area (Å²) in [5.74, 6) is -0.412. The summed E-state index contributed by atoms with van der Waals surface area (Å²) in [6.45, 7) is 4.22. The Morgan fingerprint density at radius 2 is 1.54 bits per heavy atom. The van der Waals surface area contributed by atoms with Gasteiger partial charge in [0.25, 0.3) is 5.91 Å². The largest absolute Gasteiger partial charge is 0.459 e. The lowest BCUT2D eigenvalue weighted by atomic mass is 10.0. The van der Waals surface area contributed by atoms with Gasteiger partial charge in [0.15, 0.2) is 0 Å².